The molecule has 2 saturated heterocycles. The van der Waals surface area contributed by atoms with E-state index in [1.807, 2.05) is 13.2 Å². The second kappa shape index (κ2) is 5.70. The average molecular weight is 274 g/mol. The van der Waals surface area contributed by atoms with Gasteiger partial charge in [0.15, 0.2) is 0 Å². The van der Waals surface area contributed by atoms with Gasteiger partial charge < -0.3 is 10.2 Å². The Morgan fingerprint density at radius 2 is 2.25 bits per heavy atom. The summed E-state index contributed by atoms with van der Waals surface area (Å²) in [6.07, 6.45) is 4.76. The first-order valence-electron chi connectivity index (χ1n) is 7.80. The summed E-state index contributed by atoms with van der Waals surface area (Å²) < 4.78 is 0. The van der Waals surface area contributed by atoms with Crippen molar-refractivity contribution in [1.82, 2.24) is 15.2 Å². The summed E-state index contributed by atoms with van der Waals surface area (Å²) in [5, 5.41) is 3.27. The van der Waals surface area contributed by atoms with Crippen LogP contribution >= 0.6 is 0 Å². The van der Waals surface area contributed by atoms with E-state index in [-0.39, 0.29) is 0 Å². The van der Waals surface area contributed by atoms with Gasteiger partial charge in [0, 0.05) is 54.9 Å². The molecule has 0 saturated carbocycles. The van der Waals surface area contributed by atoms with Gasteiger partial charge in [-0.2, -0.15) is 0 Å². The molecule has 4 nitrogen and oxygen atoms in total. The van der Waals surface area contributed by atoms with E-state index in [1.165, 1.54) is 43.7 Å². The van der Waals surface area contributed by atoms with Crippen LogP contribution < -0.4 is 10.2 Å². The number of aryl methyl sites for hydroxylation is 1. The van der Waals surface area contributed by atoms with E-state index in [2.05, 4.69) is 40.0 Å². The molecule has 2 aliphatic heterocycles. The van der Waals surface area contributed by atoms with Crippen molar-refractivity contribution in [3.8, 4) is 0 Å². The van der Waals surface area contributed by atoms with Gasteiger partial charge in [0.25, 0.3) is 0 Å². The highest BCUT2D eigenvalue weighted by Gasteiger charge is 2.35. The topological polar surface area (TPSA) is 31.4 Å². The van der Waals surface area contributed by atoms with Crippen molar-refractivity contribution in [2.24, 2.45) is 0 Å². The standard InChI is InChI=1S/C16H26N4/c1-12-7-16(14(8-17-3)9-18-12)20-11-15-5-4-6-19(15)10-13(20)2/h7,9,13,15,17H,4-6,8,10-11H2,1-3H3. The number of aromatic nitrogens is 1. The Labute approximate surface area is 122 Å². The molecule has 2 atom stereocenters. The molecule has 0 aromatic carbocycles. The number of piperazine rings is 1. The number of nitrogens with zero attached hydrogens (tertiary/aromatic N) is 3. The zero-order valence-corrected chi connectivity index (χ0v) is 12.9. The summed E-state index contributed by atoms with van der Waals surface area (Å²) in [5.41, 5.74) is 3.81. The zero-order chi connectivity index (χ0) is 14.1. The lowest BCUT2D eigenvalue weighted by molar-refractivity contribution is 0.202. The van der Waals surface area contributed by atoms with Gasteiger partial charge in [-0.1, -0.05) is 0 Å². The van der Waals surface area contributed by atoms with Gasteiger partial charge in [-0.3, -0.25) is 9.88 Å². The lowest BCUT2D eigenvalue weighted by Gasteiger charge is -2.44. The normalized spacial score (nSPS) is 26.9. The fourth-order valence-corrected chi connectivity index (χ4v) is 3.69. The zero-order valence-electron chi connectivity index (χ0n) is 12.9. The average Bonchev–Trinajstić information content (AvgIpc) is 2.87. The van der Waals surface area contributed by atoms with Crippen molar-refractivity contribution >= 4 is 5.69 Å². The predicted octanol–water partition coefficient (Wildman–Crippen LogP) is 1.78. The van der Waals surface area contributed by atoms with Gasteiger partial charge in [-0.05, 0) is 46.3 Å². The smallest absolute Gasteiger partial charge is 0.0448 e. The number of pyridine rings is 1. The Balaban J connectivity index is 1.89. The van der Waals surface area contributed by atoms with Crippen LogP contribution in [0.3, 0.4) is 0 Å². The Kier molecular flexibility index (Phi) is 3.94. The minimum absolute atomic E-state index is 0.585. The molecule has 2 aliphatic rings. The lowest BCUT2D eigenvalue weighted by Crippen LogP contribution is -2.55. The fourth-order valence-electron chi connectivity index (χ4n) is 3.69. The van der Waals surface area contributed by atoms with Crippen LogP contribution in [0.2, 0.25) is 0 Å². The Bertz CT molecular complexity index is 474. The van der Waals surface area contributed by atoms with Gasteiger partial charge in [-0.25, -0.2) is 0 Å². The molecular formula is C16H26N4. The van der Waals surface area contributed by atoms with E-state index in [9.17, 15) is 0 Å². The Hall–Kier alpha value is -1.13. The van der Waals surface area contributed by atoms with Gasteiger partial charge in [0.1, 0.15) is 0 Å². The van der Waals surface area contributed by atoms with Crippen LogP contribution in [0.5, 0.6) is 0 Å². The van der Waals surface area contributed by atoms with Crippen LogP contribution in [0.25, 0.3) is 0 Å². The van der Waals surface area contributed by atoms with Crippen molar-refractivity contribution in [2.45, 2.75) is 45.3 Å². The second-order valence-corrected chi connectivity index (χ2v) is 6.28. The fraction of sp³-hybridized carbons (Fsp3) is 0.688. The summed E-state index contributed by atoms with van der Waals surface area (Å²) >= 11 is 0. The van der Waals surface area contributed by atoms with Crippen LogP contribution in [-0.2, 0) is 6.54 Å². The third-order valence-corrected chi connectivity index (χ3v) is 4.71. The molecule has 1 aromatic heterocycles. The minimum Gasteiger partial charge on any atom is -0.366 e. The highest BCUT2D eigenvalue weighted by Crippen LogP contribution is 2.30. The van der Waals surface area contributed by atoms with Crippen molar-refractivity contribution in [3.05, 3.63) is 23.5 Å². The summed E-state index contributed by atoms with van der Waals surface area (Å²) in [7, 11) is 2.00. The molecule has 110 valence electrons. The molecule has 1 N–H and O–H groups in total. The van der Waals surface area contributed by atoms with Crippen LogP contribution in [0.15, 0.2) is 12.3 Å². The van der Waals surface area contributed by atoms with Gasteiger partial charge >= 0.3 is 0 Å². The van der Waals surface area contributed by atoms with Crippen molar-refractivity contribution < 1.29 is 0 Å². The first kappa shape index (κ1) is 13.8. The van der Waals surface area contributed by atoms with E-state index in [0.29, 0.717) is 6.04 Å². The molecule has 0 aliphatic carbocycles. The SMILES string of the molecule is CNCc1cnc(C)cc1N1CC2CCCN2CC1C. The minimum atomic E-state index is 0.585. The molecule has 0 spiro atoms. The highest BCUT2D eigenvalue weighted by molar-refractivity contribution is 5.55. The molecule has 2 fully saturated rings. The Morgan fingerprint density at radius 1 is 1.40 bits per heavy atom. The predicted molar refractivity (Wildman–Crippen MR) is 83.1 cm³/mol. The summed E-state index contributed by atoms with van der Waals surface area (Å²) in [6.45, 7) is 8.99. The molecule has 3 heterocycles. The van der Waals surface area contributed by atoms with E-state index in [4.69, 9.17) is 0 Å². The number of hydrogen-bond donors (Lipinski definition) is 1. The van der Waals surface area contributed by atoms with E-state index >= 15 is 0 Å². The molecular weight excluding hydrogens is 248 g/mol. The molecule has 0 radical (unpaired) electrons. The summed E-state index contributed by atoms with van der Waals surface area (Å²) in [6, 6.07) is 3.59. The molecule has 1 aromatic rings. The summed E-state index contributed by atoms with van der Waals surface area (Å²) in [4.78, 5) is 9.75. The van der Waals surface area contributed by atoms with Crippen LogP contribution in [-0.4, -0.2) is 48.6 Å². The van der Waals surface area contributed by atoms with Crippen LogP contribution in [0, 0.1) is 6.92 Å². The van der Waals surface area contributed by atoms with Gasteiger partial charge in [0.05, 0.1) is 0 Å². The molecule has 3 rings (SSSR count). The van der Waals surface area contributed by atoms with Crippen molar-refractivity contribution in [3.63, 3.8) is 0 Å². The molecule has 20 heavy (non-hydrogen) atoms. The van der Waals surface area contributed by atoms with Gasteiger partial charge in [-0.15, -0.1) is 0 Å². The maximum absolute atomic E-state index is 4.47. The van der Waals surface area contributed by atoms with E-state index in [0.717, 1.165) is 18.3 Å². The first-order chi connectivity index (χ1) is 9.69. The van der Waals surface area contributed by atoms with Crippen LogP contribution in [0.4, 0.5) is 5.69 Å². The van der Waals surface area contributed by atoms with Crippen molar-refractivity contribution in [1.29, 1.82) is 0 Å². The van der Waals surface area contributed by atoms with Crippen molar-refractivity contribution in [2.75, 3.05) is 31.6 Å². The maximum Gasteiger partial charge on any atom is 0.0448 e. The molecule has 0 amide bonds. The third kappa shape index (κ3) is 2.54. The third-order valence-electron chi connectivity index (χ3n) is 4.71. The molecule has 0 bridgehead atoms. The quantitative estimate of drug-likeness (QED) is 0.910. The monoisotopic (exact) mass is 274 g/mol. The van der Waals surface area contributed by atoms with Gasteiger partial charge in [0.2, 0.25) is 0 Å². The lowest BCUT2D eigenvalue weighted by atomic mass is 10.0. The highest BCUT2D eigenvalue weighted by atomic mass is 15.3. The molecule has 4 heteroatoms. The number of nitrogens with one attached hydrogen (secondary N) is 1. The number of fused-ring (bicyclic) bond motifs is 1. The number of anilines is 1. The van der Waals surface area contributed by atoms with Crippen LogP contribution in [0.1, 0.15) is 31.0 Å². The molecule has 2 unspecified atom stereocenters. The number of rotatable bonds is 3. The largest absolute Gasteiger partial charge is 0.366 e. The summed E-state index contributed by atoms with van der Waals surface area (Å²) in [5.74, 6) is 0. The van der Waals surface area contributed by atoms with E-state index in [1.54, 1.807) is 0 Å². The first-order valence-corrected chi connectivity index (χ1v) is 7.80. The maximum atomic E-state index is 4.47. The number of hydrogen-bond acceptors (Lipinski definition) is 4. The second-order valence-electron chi connectivity index (χ2n) is 6.28. The van der Waals surface area contributed by atoms with E-state index < -0.39 is 0 Å². The Morgan fingerprint density at radius 3 is 3.05 bits per heavy atom.